The summed E-state index contributed by atoms with van der Waals surface area (Å²) in [5.74, 6) is 0.188. The topological polar surface area (TPSA) is 52.7 Å². The Morgan fingerprint density at radius 1 is 1.12 bits per heavy atom. The van der Waals surface area contributed by atoms with Gasteiger partial charge in [0.05, 0.1) is 12.5 Å². The van der Waals surface area contributed by atoms with E-state index in [2.05, 4.69) is 34.5 Å². The van der Waals surface area contributed by atoms with Gasteiger partial charge in [-0.3, -0.25) is 14.5 Å². The Balaban J connectivity index is 1.54. The van der Waals surface area contributed by atoms with Crippen molar-refractivity contribution in [2.75, 3.05) is 26.2 Å². The van der Waals surface area contributed by atoms with Crippen LogP contribution in [0.4, 0.5) is 0 Å². The Hall–Kier alpha value is -1.88. The predicted octanol–water partition coefficient (Wildman–Crippen LogP) is 1.56. The quantitative estimate of drug-likeness (QED) is 0.897. The van der Waals surface area contributed by atoms with Crippen molar-refractivity contribution in [3.05, 3.63) is 35.9 Å². The molecule has 3 atom stereocenters. The lowest BCUT2D eigenvalue weighted by atomic mass is 9.93. The Kier molecular flexibility index (Phi) is 4.27. The fraction of sp³-hybridized carbons (Fsp3) is 0.579. The van der Waals surface area contributed by atoms with E-state index in [1.807, 2.05) is 6.07 Å². The molecule has 0 saturated carbocycles. The molecule has 1 N–H and O–H groups in total. The van der Waals surface area contributed by atoms with Gasteiger partial charge >= 0.3 is 0 Å². The van der Waals surface area contributed by atoms with Gasteiger partial charge in [-0.2, -0.15) is 0 Å². The number of rotatable bonds is 2. The number of nitrogens with one attached hydrogen (secondary N) is 1. The van der Waals surface area contributed by atoms with Crippen molar-refractivity contribution in [1.82, 2.24) is 15.1 Å². The monoisotopic (exact) mass is 327 g/mol. The Morgan fingerprint density at radius 2 is 1.96 bits per heavy atom. The zero-order valence-electron chi connectivity index (χ0n) is 14.0. The van der Waals surface area contributed by atoms with Crippen LogP contribution in [0, 0.1) is 5.92 Å². The second-order valence-electron chi connectivity index (χ2n) is 7.18. The summed E-state index contributed by atoms with van der Waals surface area (Å²) in [5.41, 5.74) is 1.31. The number of carbonyl (C=O) groups excluding carboxylic acids is 2. The van der Waals surface area contributed by atoms with Crippen molar-refractivity contribution in [2.24, 2.45) is 5.92 Å². The SMILES string of the molecule is O=C1CN(C(=O)[C@H]2C[C@@H](c3ccccc3)N3CCC[C@H]23)CCCN1. The number of hydrogen-bond acceptors (Lipinski definition) is 3. The Labute approximate surface area is 143 Å². The molecule has 5 heteroatoms. The number of hydrogen-bond donors (Lipinski definition) is 1. The standard InChI is InChI=1S/C19H25N3O2/c23-18-13-21(10-5-9-20-18)19(24)15-12-17(14-6-2-1-3-7-14)22-11-4-8-16(15)22/h1-3,6-7,15-17H,4-5,8-13H2,(H,20,23)/t15-,16+,17-/m0/s1. The molecule has 3 aliphatic heterocycles. The van der Waals surface area contributed by atoms with Crippen LogP contribution in [-0.2, 0) is 9.59 Å². The van der Waals surface area contributed by atoms with E-state index in [4.69, 9.17) is 0 Å². The third kappa shape index (κ3) is 2.81. The molecule has 24 heavy (non-hydrogen) atoms. The number of benzene rings is 1. The summed E-state index contributed by atoms with van der Waals surface area (Å²) in [6, 6.07) is 11.2. The van der Waals surface area contributed by atoms with Crippen molar-refractivity contribution in [3.63, 3.8) is 0 Å². The first kappa shape index (κ1) is 15.6. The predicted molar refractivity (Wildman–Crippen MR) is 91.2 cm³/mol. The van der Waals surface area contributed by atoms with Crippen LogP contribution < -0.4 is 5.32 Å². The van der Waals surface area contributed by atoms with Gasteiger partial charge < -0.3 is 10.2 Å². The zero-order valence-corrected chi connectivity index (χ0v) is 14.0. The van der Waals surface area contributed by atoms with E-state index >= 15 is 0 Å². The van der Waals surface area contributed by atoms with Gasteiger partial charge in [0.2, 0.25) is 11.8 Å². The summed E-state index contributed by atoms with van der Waals surface area (Å²) in [5, 5.41) is 2.86. The third-order valence-electron chi connectivity index (χ3n) is 5.76. The van der Waals surface area contributed by atoms with E-state index in [-0.39, 0.29) is 24.3 Å². The number of amides is 2. The van der Waals surface area contributed by atoms with Crippen LogP contribution >= 0.6 is 0 Å². The van der Waals surface area contributed by atoms with Crippen molar-refractivity contribution < 1.29 is 9.59 Å². The fourth-order valence-corrected chi connectivity index (χ4v) is 4.66. The van der Waals surface area contributed by atoms with E-state index in [9.17, 15) is 9.59 Å². The molecule has 128 valence electrons. The van der Waals surface area contributed by atoms with Crippen LogP contribution in [0.5, 0.6) is 0 Å². The van der Waals surface area contributed by atoms with E-state index in [1.165, 1.54) is 5.56 Å². The van der Waals surface area contributed by atoms with Crippen LogP contribution in [0.15, 0.2) is 30.3 Å². The summed E-state index contributed by atoms with van der Waals surface area (Å²) in [4.78, 5) is 29.3. The van der Waals surface area contributed by atoms with E-state index in [1.54, 1.807) is 4.90 Å². The molecule has 3 heterocycles. The first-order valence-corrected chi connectivity index (χ1v) is 9.10. The van der Waals surface area contributed by atoms with Crippen molar-refractivity contribution in [2.45, 2.75) is 37.8 Å². The minimum absolute atomic E-state index is 0.0262. The highest BCUT2D eigenvalue weighted by atomic mass is 16.2. The van der Waals surface area contributed by atoms with Crippen molar-refractivity contribution >= 4 is 11.8 Å². The number of nitrogens with zero attached hydrogens (tertiary/aromatic N) is 2. The molecule has 0 spiro atoms. The van der Waals surface area contributed by atoms with Gasteiger partial charge in [-0.05, 0) is 37.8 Å². The molecule has 3 aliphatic rings. The summed E-state index contributed by atoms with van der Waals surface area (Å²) in [6.45, 7) is 2.67. The molecule has 0 aliphatic carbocycles. The fourth-order valence-electron chi connectivity index (χ4n) is 4.66. The molecule has 1 aromatic carbocycles. The van der Waals surface area contributed by atoms with Crippen LogP contribution in [0.1, 0.15) is 37.3 Å². The van der Waals surface area contributed by atoms with Gasteiger partial charge in [0.25, 0.3) is 0 Å². The van der Waals surface area contributed by atoms with E-state index < -0.39 is 0 Å². The molecule has 4 rings (SSSR count). The maximum atomic E-state index is 13.1. The van der Waals surface area contributed by atoms with Gasteiger partial charge in [0, 0.05) is 25.2 Å². The lowest BCUT2D eigenvalue weighted by Crippen LogP contribution is -2.43. The van der Waals surface area contributed by atoms with Crippen LogP contribution in [0.2, 0.25) is 0 Å². The highest BCUT2D eigenvalue weighted by molar-refractivity contribution is 5.87. The highest BCUT2D eigenvalue weighted by Crippen LogP contribution is 2.45. The first-order valence-electron chi connectivity index (χ1n) is 9.10. The molecule has 0 bridgehead atoms. The molecule has 0 radical (unpaired) electrons. The Morgan fingerprint density at radius 3 is 2.79 bits per heavy atom. The number of fused-ring (bicyclic) bond motifs is 1. The van der Waals surface area contributed by atoms with Gasteiger partial charge in [-0.15, -0.1) is 0 Å². The molecule has 1 aromatic rings. The lowest BCUT2D eigenvalue weighted by molar-refractivity contribution is -0.139. The Bertz CT molecular complexity index is 618. The highest BCUT2D eigenvalue weighted by Gasteiger charge is 2.48. The summed E-state index contributed by atoms with van der Waals surface area (Å²) >= 11 is 0. The summed E-state index contributed by atoms with van der Waals surface area (Å²) in [6.07, 6.45) is 3.99. The van der Waals surface area contributed by atoms with Crippen LogP contribution in [0.3, 0.4) is 0 Å². The first-order chi connectivity index (χ1) is 11.7. The van der Waals surface area contributed by atoms with Crippen LogP contribution in [-0.4, -0.2) is 53.8 Å². The zero-order chi connectivity index (χ0) is 16.5. The molecular weight excluding hydrogens is 302 g/mol. The average molecular weight is 327 g/mol. The van der Waals surface area contributed by atoms with Gasteiger partial charge in [-0.1, -0.05) is 30.3 Å². The van der Waals surface area contributed by atoms with E-state index in [0.717, 1.165) is 32.2 Å². The van der Waals surface area contributed by atoms with Gasteiger partial charge in [0.1, 0.15) is 0 Å². The number of carbonyl (C=O) groups is 2. The largest absolute Gasteiger partial charge is 0.354 e. The molecule has 0 aromatic heterocycles. The second kappa shape index (κ2) is 6.55. The minimum Gasteiger partial charge on any atom is -0.354 e. The molecule has 2 amide bonds. The average Bonchev–Trinajstić information content (AvgIpc) is 3.13. The lowest BCUT2D eigenvalue weighted by Gasteiger charge is -2.26. The summed E-state index contributed by atoms with van der Waals surface area (Å²) < 4.78 is 0. The molecule has 5 nitrogen and oxygen atoms in total. The second-order valence-corrected chi connectivity index (χ2v) is 7.18. The van der Waals surface area contributed by atoms with Gasteiger partial charge in [-0.25, -0.2) is 0 Å². The summed E-state index contributed by atoms with van der Waals surface area (Å²) in [7, 11) is 0. The maximum absolute atomic E-state index is 13.1. The van der Waals surface area contributed by atoms with Crippen LogP contribution in [0.25, 0.3) is 0 Å². The minimum atomic E-state index is -0.0262. The van der Waals surface area contributed by atoms with Gasteiger partial charge in [0.15, 0.2) is 0 Å². The molecule has 3 saturated heterocycles. The maximum Gasteiger partial charge on any atom is 0.239 e. The molecule has 0 unspecified atom stereocenters. The van der Waals surface area contributed by atoms with Crippen molar-refractivity contribution in [1.29, 1.82) is 0 Å². The third-order valence-corrected chi connectivity index (χ3v) is 5.76. The normalized spacial score (nSPS) is 30.8. The molecule has 3 fully saturated rings. The van der Waals surface area contributed by atoms with Crippen molar-refractivity contribution in [3.8, 4) is 0 Å². The molecular formula is C19H25N3O2. The van der Waals surface area contributed by atoms with E-state index in [0.29, 0.717) is 25.2 Å². The smallest absolute Gasteiger partial charge is 0.239 e.